The van der Waals surface area contributed by atoms with Crippen molar-refractivity contribution in [2.24, 2.45) is 11.8 Å². The predicted octanol–water partition coefficient (Wildman–Crippen LogP) is 2.05. The minimum Gasteiger partial charge on any atom is -0.399 e. The molecule has 2 unspecified atom stereocenters. The monoisotopic (exact) mass is 336 g/mol. The second-order valence-electron chi connectivity index (χ2n) is 8.24. The standard InChI is InChI=1S/C18H21BN4O2/c1-17(2)18(3)13-8-11(4-5-12(13)9-20)15-16-14(19(24-17)25-18)10-22-23(16)7-6-21-15/h6-7,10-13H,4-5,8H2,1-3H3/t11-,12-,13?,18?/m0/s1. The lowest BCUT2D eigenvalue weighted by Crippen LogP contribution is -2.54. The van der Waals surface area contributed by atoms with Crippen LogP contribution in [0.4, 0.5) is 0 Å². The molecular formula is C18H21BN4O2. The lowest BCUT2D eigenvalue weighted by molar-refractivity contribution is -0.0783. The highest BCUT2D eigenvalue weighted by molar-refractivity contribution is 6.64. The summed E-state index contributed by atoms with van der Waals surface area (Å²) in [7, 11) is -0.473. The number of aromatic nitrogens is 3. The van der Waals surface area contributed by atoms with Crippen LogP contribution >= 0.6 is 0 Å². The molecule has 0 aromatic carbocycles. The fourth-order valence-electron chi connectivity index (χ4n) is 5.08. The van der Waals surface area contributed by atoms with Gasteiger partial charge in [-0.05, 0) is 40.0 Å². The van der Waals surface area contributed by atoms with Crippen LogP contribution in [0, 0.1) is 23.2 Å². The summed E-state index contributed by atoms with van der Waals surface area (Å²) in [5.41, 5.74) is 2.02. The molecule has 1 aliphatic carbocycles. The highest BCUT2D eigenvalue weighted by Gasteiger charge is 2.61. The molecule has 4 heterocycles. The first-order valence-electron chi connectivity index (χ1n) is 9.02. The van der Waals surface area contributed by atoms with Gasteiger partial charge in [0.1, 0.15) is 0 Å². The number of nitrogens with zero attached hydrogens (tertiary/aromatic N) is 4. The summed E-state index contributed by atoms with van der Waals surface area (Å²) in [5.74, 6) is 0.430. The van der Waals surface area contributed by atoms with Crippen molar-refractivity contribution in [1.82, 2.24) is 14.6 Å². The molecule has 3 aliphatic rings. The number of rotatable bonds is 0. The zero-order chi connectivity index (χ0) is 17.4. The molecule has 1 saturated carbocycles. The third kappa shape index (κ3) is 1.87. The summed E-state index contributed by atoms with van der Waals surface area (Å²) >= 11 is 0. The van der Waals surface area contributed by atoms with Crippen LogP contribution in [0.15, 0.2) is 18.6 Å². The van der Waals surface area contributed by atoms with Gasteiger partial charge in [-0.3, -0.25) is 4.98 Å². The first-order chi connectivity index (χ1) is 11.9. The molecule has 2 fully saturated rings. The molecule has 128 valence electrons. The Morgan fingerprint density at radius 2 is 2.16 bits per heavy atom. The van der Waals surface area contributed by atoms with E-state index in [9.17, 15) is 5.26 Å². The van der Waals surface area contributed by atoms with Crippen LogP contribution in [0.2, 0.25) is 0 Å². The molecule has 4 atom stereocenters. The van der Waals surface area contributed by atoms with E-state index in [2.05, 4.69) is 31.9 Å². The fraction of sp³-hybridized carbons (Fsp3) is 0.611. The molecule has 4 bridgehead atoms. The maximum Gasteiger partial charge on any atom is 0.498 e. The van der Waals surface area contributed by atoms with Crippen molar-refractivity contribution in [2.45, 2.75) is 57.2 Å². The highest BCUT2D eigenvalue weighted by atomic mass is 16.7. The van der Waals surface area contributed by atoms with Crippen LogP contribution in [0.3, 0.4) is 0 Å². The van der Waals surface area contributed by atoms with Gasteiger partial charge in [-0.2, -0.15) is 10.4 Å². The van der Waals surface area contributed by atoms with Gasteiger partial charge in [-0.15, -0.1) is 0 Å². The summed E-state index contributed by atoms with van der Waals surface area (Å²) in [4.78, 5) is 4.71. The zero-order valence-electron chi connectivity index (χ0n) is 14.8. The molecule has 0 spiro atoms. The third-order valence-electron chi connectivity index (χ3n) is 6.80. The van der Waals surface area contributed by atoms with E-state index in [4.69, 9.17) is 14.3 Å². The quantitative estimate of drug-likeness (QED) is 0.689. The van der Waals surface area contributed by atoms with Crippen molar-refractivity contribution in [3.8, 4) is 6.07 Å². The van der Waals surface area contributed by atoms with Gasteiger partial charge in [-0.1, -0.05) is 0 Å². The van der Waals surface area contributed by atoms with Crippen LogP contribution in [0.25, 0.3) is 5.52 Å². The molecular weight excluding hydrogens is 315 g/mol. The lowest BCUT2D eigenvalue weighted by atomic mass is 9.63. The van der Waals surface area contributed by atoms with Crippen molar-refractivity contribution < 1.29 is 9.31 Å². The van der Waals surface area contributed by atoms with Crippen molar-refractivity contribution in [3.63, 3.8) is 0 Å². The lowest BCUT2D eigenvalue weighted by Gasteiger charge is -2.47. The molecule has 5 rings (SSSR count). The Balaban J connectivity index is 1.78. The van der Waals surface area contributed by atoms with Gasteiger partial charge < -0.3 is 9.31 Å². The van der Waals surface area contributed by atoms with E-state index < -0.39 is 18.3 Å². The van der Waals surface area contributed by atoms with Crippen molar-refractivity contribution in [1.29, 1.82) is 5.26 Å². The second-order valence-corrected chi connectivity index (χ2v) is 8.24. The molecule has 0 N–H and O–H groups in total. The van der Waals surface area contributed by atoms with Crippen molar-refractivity contribution >= 4 is 18.1 Å². The van der Waals surface area contributed by atoms with Crippen LogP contribution in [0.1, 0.15) is 51.6 Å². The minimum absolute atomic E-state index is 0.0136. The highest BCUT2D eigenvalue weighted by Crippen LogP contribution is 2.53. The normalized spacial score (nSPS) is 35.8. The molecule has 2 aromatic heterocycles. The fourth-order valence-corrected chi connectivity index (χ4v) is 5.08. The third-order valence-corrected chi connectivity index (χ3v) is 6.80. The van der Waals surface area contributed by atoms with Gasteiger partial charge in [-0.25, -0.2) is 4.52 Å². The van der Waals surface area contributed by atoms with Gasteiger partial charge in [0.15, 0.2) is 0 Å². The average molecular weight is 336 g/mol. The van der Waals surface area contributed by atoms with Crippen LogP contribution < -0.4 is 5.46 Å². The SMILES string of the molecule is CC1(C)OB2OC1(C)C1C[C@H](CC[C@H]1C#N)c1nccn3ncc2c13. The number of nitriles is 1. The predicted molar refractivity (Wildman–Crippen MR) is 92.2 cm³/mol. The molecule has 0 radical (unpaired) electrons. The van der Waals surface area contributed by atoms with E-state index in [1.165, 1.54) is 0 Å². The van der Waals surface area contributed by atoms with E-state index in [1.807, 2.05) is 23.1 Å². The van der Waals surface area contributed by atoms with E-state index in [0.717, 1.165) is 35.9 Å². The molecule has 0 amide bonds. The molecule has 7 heteroatoms. The number of hydrogen-bond donors (Lipinski definition) is 0. The molecule has 2 aromatic rings. The second kappa shape index (κ2) is 4.83. The van der Waals surface area contributed by atoms with Gasteiger partial charge in [0, 0.05) is 35.9 Å². The average Bonchev–Trinajstić information content (AvgIpc) is 3.13. The van der Waals surface area contributed by atoms with Crippen molar-refractivity contribution in [2.75, 3.05) is 0 Å². The molecule has 6 nitrogen and oxygen atoms in total. The van der Waals surface area contributed by atoms with Crippen LogP contribution in [0.5, 0.6) is 0 Å². The van der Waals surface area contributed by atoms with Gasteiger partial charge in [0.2, 0.25) is 0 Å². The van der Waals surface area contributed by atoms with Crippen molar-refractivity contribution in [3.05, 3.63) is 24.3 Å². The zero-order valence-corrected chi connectivity index (χ0v) is 14.8. The maximum atomic E-state index is 9.76. The summed E-state index contributed by atoms with van der Waals surface area (Å²) in [6, 6.07) is 2.54. The summed E-state index contributed by atoms with van der Waals surface area (Å²) in [6.07, 6.45) is 8.27. The van der Waals surface area contributed by atoms with Gasteiger partial charge >= 0.3 is 7.12 Å². The Morgan fingerprint density at radius 3 is 2.96 bits per heavy atom. The molecule has 2 aliphatic heterocycles. The van der Waals surface area contributed by atoms with Gasteiger partial charge in [0.05, 0.1) is 34.4 Å². The molecule has 1 saturated heterocycles. The molecule has 25 heavy (non-hydrogen) atoms. The Labute approximate surface area is 147 Å². The minimum atomic E-state index is -0.521. The number of fused-ring (bicyclic) bond motifs is 7. The van der Waals surface area contributed by atoms with Crippen LogP contribution in [-0.2, 0) is 9.31 Å². The van der Waals surface area contributed by atoms with E-state index in [1.54, 1.807) is 0 Å². The van der Waals surface area contributed by atoms with Gasteiger partial charge in [0.25, 0.3) is 0 Å². The Morgan fingerprint density at radius 1 is 1.32 bits per heavy atom. The van der Waals surface area contributed by atoms with E-state index >= 15 is 0 Å². The Hall–Kier alpha value is -1.91. The summed E-state index contributed by atoms with van der Waals surface area (Å²) in [6.45, 7) is 6.28. The first-order valence-corrected chi connectivity index (χ1v) is 9.02. The summed E-state index contributed by atoms with van der Waals surface area (Å²) in [5, 5.41) is 14.2. The first kappa shape index (κ1) is 15.4. The smallest absolute Gasteiger partial charge is 0.399 e. The van der Waals surface area contributed by atoms with Crippen LogP contribution in [-0.4, -0.2) is 32.9 Å². The van der Waals surface area contributed by atoms with E-state index in [0.29, 0.717) is 5.92 Å². The largest absolute Gasteiger partial charge is 0.498 e. The number of hydrogen-bond acceptors (Lipinski definition) is 5. The summed E-state index contributed by atoms with van der Waals surface area (Å²) < 4.78 is 14.8. The topological polar surface area (TPSA) is 72.4 Å². The maximum absolute atomic E-state index is 9.76. The Kier molecular flexibility index (Phi) is 2.97. The Bertz CT molecular complexity index is 904. The van der Waals surface area contributed by atoms with E-state index in [-0.39, 0.29) is 11.8 Å².